The van der Waals surface area contributed by atoms with Crippen LogP contribution in [-0.4, -0.2) is 31.1 Å². The molecule has 1 saturated heterocycles. The summed E-state index contributed by atoms with van der Waals surface area (Å²) in [5.41, 5.74) is 5.56. The third-order valence-corrected chi connectivity index (χ3v) is 4.82. The van der Waals surface area contributed by atoms with Crippen LogP contribution in [0.4, 0.5) is 0 Å². The van der Waals surface area contributed by atoms with Crippen molar-refractivity contribution in [3.8, 4) is 0 Å². The summed E-state index contributed by atoms with van der Waals surface area (Å²) in [5.74, 6) is 0.773. The lowest BCUT2D eigenvalue weighted by atomic mass is 9.95. The van der Waals surface area contributed by atoms with Crippen molar-refractivity contribution >= 4 is 27.3 Å². The second-order valence-corrected chi connectivity index (χ2v) is 6.54. The lowest BCUT2D eigenvalue weighted by molar-refractivity contribution is 0.219. The number of halogens is 1. The third kappa shape index (κ3) is 3.03. The van der Waals surface area contributed by atoms with Crippen LogP contribution in [0.1, 0.15) is 23.6 Å². The second-order valence-electron chi connectivity index (χ2n) is 4.05. The van der Waals surface area contributed by atoms with Gasteiger partial charge < -0.3 is 10.6 Å². The van der Waals surface area contributed by atoms with Crippen LogP contribution in [0.5, 0.6) is 0 Å². The van der Waals surface area contributed by atoms with Crippen molar-refractivity contribution in [3.63, 3.8) is 0 Å². The molecule has 4 heteroatoms. The summed E-state index contributed by atoms with van der Waals surface area (Å²) in [4.78, 5) is 4.01. The lowest BCUT2D eigenvalue weighted by Gasteiger charge is -2.31. The maximum atomic E-state index is 5.56. The zero-order chi connectivity index (χ0) is 10.7. The molecule has 0 atom stereocenters. The van der Waals surface area contributed by atoms with Gasteiger partial charge in [-0.25, -0.2) is 0 Å². The van der Waals surface area contributed by atoms with E-state index in [2.05, 4.69) is 33.0 Å². The zero-order valence-electron chi connectivity index (χ0n) is 8.79. The summed E-state index contributed by atoms with van der Waals surface area (Å²) in [6.45, 7) is 4.25. The van der Waals surface area contributed by atoms with Gasteiger partial charge in [-0.05, 0) is 59.9 Å². The smallest absolute Gasteiger partial charge is 0.0701 e. The Bertz CT molecular complexity index is 305. The summed E-state index contributed by atoms with van der Waals surface area (Å²) >= 11 is 5.41. The molecule has 1 aliphatic heterocycles. The fourth-order valence-corrected chi connectivity index (χ4v) is 3.76. The minimum atomic E-state index is 0.773. The number of piperidine rings is 1. The van der Waals surface area contributed by atoms with E-state index in [9.17, 15) is 0 Å². The predicted molar refractivity (Wildman–Crippen MR) is 69.5 cm³/mol. The van der Waals surface area contributed by atoms with Gasteiger partial charge in [0, 0.05) is 18.0 Å². The summed E-state index contributed by atoms with van der Waals surface area (Å²) in [5, 5.41) is 0. The molecule has 2 rings (SSSR count). The maximum absolute atomic E-state index is 5.56. The van der Waals surface area contributed by atoms with E-state index in [1.807, 2.05) is 11.3 Å². The van der Waals surface area contributed by atoms with Crippen molar-refractivity contribution in [3.05, 3.63) is 20.8 Å². The number of hydrogen-bond donors (Lipinski definition) is 1. The van der Waals surface area contributed by atoms with E-state index in [4.69, 9.17) is 5.73 Å². The lowest BCUT2D eigenvalue weighted by Crippen LogP contribution is -2.36. The van der Waals surface area contributed by atoms with Crippen LogP contribution in [0.2, 0.25) is 0 Å². The monoisotopic (exact) mass is 288 g/mol. The van der Waals surface area contributed by atoms with E-state index in [-0.39, 0.29) is 0 Å². The Balaban J connectivity index is 1.88. The van der Waals surface area contributed by atoms with E-state index in [0.29, 0.717) is 0 Å². The minimum absolute atomic E-state index is 0.773. The highest BCUT2D eigenvalue weighted by Gasteiger charge is 2.20. The number of thiophene rings is 1. The van der Waals surface area contributed by atoms with Gasteiger partial charge in [0.1, 0.15) is 0 Å². The Morgan fingerprint density at radius 2 is 2.13 bits per heavy atom. The first kappa shape index (κ1) is 11.6. The third-order valence-electron chi connectivity index (χ3n) is 3.03. The van der Waals surface area contributed by atoms with Crippen LogP contribution in [0.25, 0.3) is 0 Å². The fourth-order valence-electron chi connectivity index (χ4n) is 2.17. The first-order valence-electron chi connectivity index (χ1n) is 5.47. The van der Waals surface area contributed by atoms with E-state index in [1.165, 1.54) is 34.6 Å². The van der Waals surface area contributed by atoms with Gasteiger partial charge in [-0.1, -0.05) is 0 Å². The molecule has 0 amide bonds. The predicted octanol–water partition coefficient (Wildman–Crippen LogP) is 2.65. The number of hydrogen-bond acceptors (Lipinski definition) is 3. The topological polar surface area (TPSA) is 29.3 Å². The quantitative estimate of drug-likeness (QED) is 0.927. The summed E-state index contributed by atoms with van der Waals surface area (Å²) in [7, 11) is 0. The molecule has 1 aromatic rings. The van der Waals surface area contributed by atoms with Gasteiger partial charge in [0.05, 0.1) is 3.79 Å². The van der Waals surface area contributed by atoms with E-state index >= 15 is 0 Å². The van der Waals surface area contributed by atoms with Gasteiger partial charge in [-0.15, -0.1) is 11.3 Å². The van der Waals surface area contributed by atoms with Gasteiger partial charge >= 0.3 is 0 Å². The molecule has 2 N–H and O–H groups in total. The van der Waals surface area contributed by atoms with Crippen molar-refractivity contribution in [1.82, 2.24) is 4.90 Å². The molecule has 0 saturated carbocycles. The summed E-state index contributed by atoms with van der Waals surface area (Å²) in [6, 6.07) is 4.42. The number of rotatable bonds is 3. The van der Waals surface area contributed by atoms with Crippen molar-refractivity contribution in [2.24, 2.45) is 5.73 Å². The average molecular weight is 289 g/mol. The first-order chi connectivity index (χ1) is 7.29. The van der Waals surface area contributed by atoms with Gasteiger partial charge in [0.15, 0.2) is 0 Å². The van der Waals surface area contributed by atoms with Gasteiger partial charge in [-0.3, -0.25) is 0 Å². The maximum Gasteiger partial charge on any atom is 0.0701 e. The van der Waals surface area contributed by atoms with Gasteiger partial charge in [0.25, 0.3) is 0 Å². The molecular weight excluding hydrogens is 272 g/mol. The van der Waals surface area contributed by atoms with Crippen molar-refractivity contribution in [2.45, 2.75) is 18.8 Å². The Morgan fingerprint density at radius 3 is 2.67 bits per heavy atom. The Labute approximate surface area is 104 Å². The highest BCUT2D eigenvalue weighted by Crippen LogP contribution is 2.34. The second kappa shape index (κ2) is 5.43. The molecule has 2 nitrogen and oxygen atoms in total. The van der Waals surface area contributed by atoms with E-state index in [0.717, 1.165) is 19.0 Å². The molecule has 1 aliphatic rings. The molecule has 0 aliphatic carbocycles. The molecule has 2 heterocycles. The molecule has 0 spiro atoms. The van der Waals surface area contributed by atoms with Crippen LogP contribution in [0.3, 0.4) is 0 Å². The van der Waals surface area contributed by atoms with E-state index < -0.39 is 0 Å². The summed E-state index contributed by atoms with van der Waals surface area (Å²) in [6.07, 6.45) is 2.57. The molecule has 1 fully saturated rings. The van der Waals surface area contributed by atoms with Gasteiger partial charge in [0.2, 0.25) is 0 Å². The minimum Gasteiger partial charge on any atom is -0.329 e. The zero-order valence-corrected chi connectivity index (χ0v) is 11.2. The Morgan fingerprint density at radius 1 is 1.40 bits per heavy atom. The molecule has 0 radical (unpaired) electrons. The Kier molecular flexibility index (Phi) is 4.20. The normalized spacial score (nSPS) is 19.6. The molecule has 0 bridgehead atoms. The number of nitrogens with zero attached hydrogens (tertiary/aromatic N) is 1. The van der Waals surface area contributed by atoms with Crippen LogP contribution >= 0.6 is 27.3 Å². The van der Waals surface area contributed by atoms with Gasteiger partial charge in [-0.2, -0.15) is 0 Å². The standard InChI is InChI=1S/C11H17BrN2S/c12-11-2-1-10(15-11)9-3-6-14(7-4-9)8-5-13/h1-2,9H,3-8,13H2. The Hall–Kier alpha value is 0.1000. The van der Waals surface area contributed by atoms with Crippen LogP contribution in [-0.2, 0) is 0 Å². The van der Waals surface area contributed by atoms with Crippen LogP contribution in [0.15, 0.2) is 15.9 Å². The molecule has 1 aromatic heterocycles. The number of likely N-dealkylation sites (tertiary alicyclic amines) is 1. The van der Waals surface area contributed by atoms with Crippen molar-refractivity contribution in [1.29, 1.82) is 0 Å². The molecule has 0 unspecified atom stereocenters. The average Bonchev–Trinajstić information content (AvgIpc) is 2.67. The molecular formula is C11H17BrN2S. The SMILES string of the molecule is NCCN1CCC(c2ccc(Br)s2)CC1. The number of nitrogens with two attached hydrogens (primary N) is 1. The fraction of sp³-hybridized carbons (Fsp3) is 0.636. The molecule has 84 valence electrons. The van der Waals surface area contributed by atoms with Crippen molar-refractivity contribution < 1.29 is 0 Å². The van der Waals surface area contributed by atoms with Crippen molar-refractivity contribution in [2.75, 3.05) is 26.2 Å². The highest BCUT2D eigenvalue weighted by molar-refractivity contribution is 9.11. The highest BCUT2D eigenvalue weighted by atomic mass is 79.9. The summed E-state index contributed by atoms with van der Waals surface area (Å²) < 4.78 is 1.25. The van der Waals surface area contributed by atoms with E-state index in [1.54, 1.807) is 0 Å². The molecule has 15 heavy (non-hydrogen) atoms. The van der Waals surface area contributed by atoms with Crippen LogP contribution < -0.4 is 5.73 Å². The first-order valence-corrected chi connectivity index (χ1v) is 7.08. The largest absolute Gasteiger partial charge is 0.329 e. The molecule has 0 aromatic carbocycles. The van der Waals surface area contributed by atoms with Crippen LogP contribution in [0, 0.1) is 0 Å².